The van der Waals surface area contributed by atoms with E-state index in [1.54, 1.807) is 11.3 Å². The predicted molar refractivity (Wildman–Crippen MR) is 182 cm³/mol. The van der Waals surface area contributed by atoms with Crippen molar-refractivity contribution in [2.75, 3.05) is 0 Å². The molecule has 0 bridgehead atoms. The quantitative estimate of drug-likeness (QED) is 0.157. The number of aryl methyl sites for hydroxylation is 1. The SMILES string of the molecule is CC[C@H]1OC(O)(c2ccc(C)c(Cc3ccc(-c4ccc(F)cc4)s3)c2)[C@H](OCc2ccccc2)[C@@H](OCc2ccccc2)[C@@H]1C. The maximum Gasteiger partial charge on any atom is 0.222 e. The summed E-state index contributed by atoms with van der Waals surface area (Å²) in [5.41, 5.74) is 5.94. The second-order valence-electron chi connectivity index (χ2n) is 12.2. The van der Waals surface area contributed by atoms with Gasteiger partial charge in [0.05, 0.1) is 25.4 Å². The van der Waals surface area contributed by atoms with Gasteiger partial charge in [-0.05, 0) is 71.5 Å². The summed E-state index contributed by atoms with van der Waals surface area (Å²) in [6.07, 6.45) is -0.0223. The molecule has 238 valence electrons. The van der Waals surface area contributed by atoms with Crippen LogP contribution in [0.4, 0.5) is 4.39 Å². The summed E-state index contributed by atoms with van der Waals surface area (Å²) >= 11 is 1.69. The van der Waals surface area contributed by atoms with Crippen LogP contribution in [0.2, 0.25) is 0 Å². The van der Waals surface area contributed by atoms with Gasteiger partial charge in [0.2, 0.25) is 5.79 Å². The molecular weight excluding hydrogens is 596 g/mol. The lowest BCUT2D eigenvalue weighted by Gasteiger charge is -2.50. The van der Waals surface area contributed by atoms with Crippen molar-refractivity contribution in [1.29, 1.82) is 0 Å². The number of hydrogen-bond donors (Lipinski definition) is 1. The van der Waals surface area contributed by atoms with Crippen LogP contribution in [0.15, 0.2) is 115 Å². The summed E-state index contributed by atoms with van der Waals surface area (Å²) < 4.78 is 33.4. The van der Waals surface area contributed by atoms with Crippen LogP contribution in [0.5, 0.6) is 0 Å². The summed E-state index contributed by atoms with van der Waals surface area (Å²) in [5, 5.41) is 12.7. The minimum Gasteiger partial charge on any atom is -0.370 e. The maximum atomic E-state index is 13.5. The van der Waals surface area contributed by atoms with Gasteiger partial charge in [0, 0.05) is 27.7 Å². The van der Waals surface area contributed by atoms with Gasteiger partial charge in [0.1, 0.15) is 11.9 Å². The Hall–Kier alpha value is -3.65. The van der Waals surface area contributed by atoms with Gasteiger partial charge >= 0.3 is 0 Å². The molecule has 4 aromatic carbocycles. The Morgan fingerprint density at radius 2 is 1.48 bits per heavy atom. The van der Waals surface area contributed by atoms with Gasteiger partial charge in [-0.25, -0.2) is 4.39 Å². The monoisotopic (exact) mass is 636 g/mol. The lowest BCUT2D eigenvalue weighted by atomic mass is 9.81. The lowest BCUT2D eigenvalue weighted by Crippen LogP contribution is -2.61. The third-order valence-corrected chi connectivity index (χ3v) is 10.1. The fourth-order valence-electron chi connectivity index (χ4n) is 6.29. The average Bonchev–Trinajstić information content (AvgIpc) is 3.55. The fraction of sp³-hybridized carbons (Fsp3) is 0.300. The minimum atomic E-state index is -1.74. The van der Waals surface area contributed by atoms with Gasteiger partial charge in [0.25, 0.3) is 0 Å². The Bertz CT molecular complexity index is 1700. The standard InChI is InChI=1S/C40H41FO4S/c1-4-36-28(3)38(43-25-29-11-7-5-8-12-29)39(44-26-30-13-9-6-10-14-30)40(42,45-36)33-18-15-27(2)32(23-33)24-35-21-22-37(46-35)31-16-19-34(41)20-17-31/h5-23,28,36,38-39,42H,4,24-26H2,1-3H3/t28-,36-,38+,39-,40?/m1/s1. The fourth-order valence-corrected chi connectivity index (χ4v) is 7.33. The van der Waals surface area contributed by atoms with E-state index in [1.807, 2.05) is 84.9 Å². The van der Waals surface area contributed by atoms with E-state index in [4.69, 9.17) is 14.2 Å². The van der Waals surface area contributed by atoms with Gasteiger partial charge in [-0.3, -0.25) is 0 Å². The number of aliphatic hydroxyl groups is 1. The first kappa shape index (κ1) is 32.3. The van der Waals surface area contributed by atoms with Crippen LogP contribution in [0.3, 0.4) is 0 Å². The molecule has 0 radical (unpaired) electrons. The Morgan fingerprint density at radius 1 is 0.826 bits per heavy atom. The minimum absolute atomic E-state index is 0.0179. The molecule has 1 aliphatic rings. The zero-order chi connectivity index (χ0) is 32.1. The van der Waals surface area contributed by atoms with Crippen LogP contribution in [0.1, 0.15) is 53.0 Å². The van der Waals surface area contributed by atoms with Crippen molar-refractivity contribution in [3.63, 3.8) is 0 Å². The highest BCUT2D eigenvalue weighted by Crippen LogP contribution is 2.44. The highest BCUT2D eigenvalue weighted by Gasteiger charge is 2.54. The topological polar surface area (TPSA) is 47.9 Å². The van der Waals surface area contributed by atoms with Crippen LogP contribution in [0.25, 0.3) is 10.4 Å². The average molecular weight is 637 g/mol. The molecule has 0 spiro atoms. The molecule has 0 aliphatic carbocycles. The van der Waals surface area contributed by atoms with Crippen molar-refractivity contribution < 1.29 is 23.7 Å². The number of hydrogen-bond acceptors (Lipinski definition) is 5. The Kier molecular flexibility index (Phi) is 10.1. The van der Waals surface area contributed by atoms with Crippen molar-refractivity contribution in [2.24, 2.45) is 5.92 Å². The van der Waals surface area contributed by atoms with Gasteiger partial charge < -0.3 is 19.3 Å². The molecule has 1 fully saturated rings. The normalized spacial score (nSPS) is 23.0. The number of benzene rings is 4. The van der Waals surface area contributed by atoms with Gasteiger partial charge in [-0.15, -0.1) is 11.3 Å². The summed E-state index contributed by atoms with van der Waals surface area (Å²) in [6, 6.07) is 36.9. The van der Waals surface area contributed by atoms with E-state index in [0.717, 1.165) is 39.1 Å². The molecule has 5 aromatic rings. The van der Waals surface area contributed by atoms with E-state index < -0.39 is 18.0 Å². The Labute approximate surface area is 275 Å². The number of ether oxygens (including phenoxy) is 3. The molecule has 4 nitrogen and oxygen atoms in total. The van der Waals surface area contributed by atoms with E-state index in [1.165, 1.54) is 17.0 Å². The zero-order valence-electron chi connectivity index (χ0n) is 26.6. The number of thiophene rings is 1. The number of rotatable bonds is 11. The smallest absolute Gasteiger partial charge is 0.222 e. The molecular formula is C40H41FO4S. The summed E-state index contributed by atoms with van der Waals surface area (Å²) in [4.78, 5) is 2.27. The highest BCUT2D eigenvalue weighted by atomic mass is 32.1. The molecule has 0 saturated carbocycles. The molecule has 6 heteroatoms. The van der Waals surface area contributed by atoms with Crippen LogP contribution in [-0.4, -0.2) is 23.4 Å². The van der Waals surface area contributed by atoms with E-state index in [9.17, 15) is 9.50 Å². The van der Waals surface area contributed by atoms with Crippen LogP contribution >= 0.6 is 11.3 Å². The van der Waals surface area contributed by atoms with Crippen molar-refractivity contribution in [1.82, 2.24) is 0 Å². The second kappa shape index (κ2) is 14.4. The van der Waals surface area contributed by atoms with Crippen LogP contribution < -0.4 is 0 Å². The first-order valence-corrected chi connectivity index (χ1v) is 16.8. The molecule has 2 heterocycles. The van der Waals surface area contributed by atoms with Crippen molar-refractivity contribution in [2.45, 2.75) is 70.9 Å². The third kappa shape index (κ3) is 7.17. The highest BCUT2D eigenvalue weighted by molar-refractivity contribution is 7.15. The van der Waals surface area contributed by atoms with Gasteiger partial charge in [0.15, 0.2) is 0 Å². The molecule has 1 saturated heterocycles. The molecule has 1 aliphatic heterocycles. The molecule has 0 amide bonds. The predicted octanol–water partition coefficient (Wildman–Crippen LogP) is 9.21. The van der Waals surface area contributed by atoms with E-state index in [0.29, 0.717) is 25.2 Å². The largest absolute Gasteiger partial charge is 0.370 e. The third-order valence-electron chi connectivity index (χ3n) is 9.00. The zero-order valence-corrected chi connectivity index (χ0v) is 27.4. The van der Waals surface area contributed by atoms with Gasteiger partial charge in [-0.2, -0.15) is 0 Å². The summed E-state index contributed by atoms with van der Waals surface area (Å²) in [6.45, 7) is 7.01. The molecule has 1 N–H and O–H groups in total. The number of halogens is 1. The lowest BCUT2D eigenvalue weighted by molar-refractivity contribution is -0.361. The van der Waals surface area contributed by atoms with E-state index in [2.05, 4.69) is 39.0 Å². The first-order valence-electron chi connectivity index (χ1n) is 16.0. The second-order valence-corrected chi connectivity index (χ2v) is 13.4. The molecule has 1 unspecified atom stereocenters. The molecule has 1 aromatic heterocycles. The van der Waals surface area contributed by atoms with Crippen LogP contribution in [0, 0.1) is 18.7 Å². The molecule has 6 rings (SSSR count). The van der Waals surface area contributed by atoms with Crippen molar-refractivity contribution in [3.05, 3.63) is 154 Å². The summed E-state index contributed by atoms with van der Waals surface area (Å²) in [5.74, 6) is -1.99. The molecule has 46 heavy (non-hydrogen) atoms. The Balaban J connectivity index is 1.33. The first-order chi connectivity index (χ1) is 22.3. The Morgan fingerprint density at radius 3 is 2.13 bits per heavy atom. The van der Waals surface area contributed by atoms with Crippen LogP contribution in [-0.2, 0) is 39.6 Å². The van der Waals surface area contributed by atoms with E-state index >= 15 is 0 Å². The van der Waals surface area contributed by atoms with Crippen molar-refractivity contribution in [3.8, 4) is 10.4 Å². The maximum absolute atomic E-state index is 13.5. The van der Waals surface area contributed by atoms with Gasteiger partial charge in [-0.1, -0.05) is 98.8 Å². The van der Waals surface area contributed by atoms with E-state index in [-0.39, 0.29) is 17.8 Å². The summed E-state index contributed by atoms with van der Waals surface area (Å²) in [7, 11) is 0. The van der Waals surface area contributed by atoms with Crippen molar-refractivity contribution >= 4 is 11.3 Å². The molecule has 5 atom stereocenters.